The van der Waals surface area contributed by atoms with E-state index < -0.39 is 17.5 Å². The summed E-state index contributed by atoms with van der Waals surface area (Å²) in [7, 11) is 4.38. The summed E-state index contributed by atoms with van der Waals surface area (Å²) in [4.78, 5) is 49.2. The molecular formula is C22H25N5O6. The van der Waals surface area contributed by atoms with Crippen LogP contribution in [0, 0.1) is 0 Å². The van der Waals surface area contributed by atoms with Crippen molar-refractivity contribution < 1.29 is 28.6 Å². The van der Waals surface area contributed by atoms with Gasteiger partial charge in [-0.15, -0.1) is 0 Å². The molecule has 0 unspecified atom stereocenters. The van der Waals surface area contributed by atoms with Gasteiger partial charge in [-0.3, -0.25) is 9.69 Å². The van der Waals surface area contributed by atoms with Crippen LogP contribution in [-0.4, -0.2) is 72.7 Å². The zero-order valence-corrected chi connectivity index (χ0v) is 18.7. The lowest BCUT2D eigenvalue weighted by Crippen LogP contribution is -2.55. The van der Waals surface area contributed by atoms with E-state index >= 15 is 0 Å². The molecule has 2 aromatic rings. The molecule has 3 heterocycles. The van der Waals surface area contributed by atoms with Crippen molar-refractivity contribution in [2.24, 2.45) is 0 Å². The summed E-state index contributed by atoms with van der Waals surface area (Å²) < 4.78 is 15.3. The number of rotatable bonds is 6. The first-order valence-electron chi connectivity index (χ1n) is 10.4. The van der Waals surface area contributed by atoms with Crippen LogP contribution in [0.3, 0.4) is 0 Å². The third-order valence-corrected chi connectivity index (χ3v) is 6.02. The number of carbonyl (C=O) groups is 3. The Balaban J connectivity index is 1.45. The van der Waals surface area contributed by atoms with E-state index in [2.05, 4.69) is 20.0 Å². The topological polar surface area (TPSA) is 123 Å². The van der Waals surface area contributed by atoms with Crippen molar-refractivity contribution in [2.45, 2.75) is 24.9 Å². The average molecular weight is 455 g/mol. The molecule has 11 nitrogen and oxygen atoms in total. The van der Waals surface area contributed by atoms with Crippen LogP contribution in [0.4, 0.5) is 10.7 Å². The number of aromatic nitrogens is 2. The number of urea groups is 1. The van der Waals surface area contributed by atoms with Crippen LogP contribution in [0.5, 0.6) is 11.5 Å². The first kappa shape index (κ1) is 22.3. The fraction of sp³-hybridized carbons (Fsp3) is 0.409. The smallest absolute Gasteiger partial charge is 0.341 e. The number of imide groups is 1. The van der Waals surface area contributed by atoms with Crippen molar-refractivity contribution in [2.75, 3.05) is 39.3 Å². The zero-order chi connectivity index (χ0) is 23.6. The van der Waals surface area contributed by atoms with Gasteiger partial charge in [0, 0.05) is 31.0 Å². The molecule has 11 heteroatoms. The Labute approximate surface area is 190 Å². The highest BCUT2D eigenvalue weighted by molar-refractivity contribution is 6.07. The summed E-state index contributed by atoms with van der Waals surface area (Å²) in [5.41, 5.74) is -0.0310. The minimum atomic E-state index is -0.967. The molecule has 0 bridgehead atoms. The van der Waals surface area contributed by atoms with Gasteiger partial charge in [0.25, 0.3) is 5.91 Å². The molecule has 1 aromatic carbocycles. The Morgan fingerprint density at radius 1 is 1.09 bits per heavy atom. The highest BCUT2D eigenvalue weighted by Gasteiger charge is 2.52. The van der Waals surface area contributed by atoms with E-state index in [0.29, 0.717) is 48.9 Å². The summed E-state index contributed by atoms with van der Waals surface area (Å²) in [6.07, 6.45) is 3.63. The predicted molar refractivity (Wildman–Crippen MR) is 116 cm³/mol. The van der Waals surface area contributed by atoms with Gasteiger partial charge in [-0.2, -0.15) is 0 Å². The number of nitrogens with one attached hydrogen (secondary N) is 1. The van der Waals surface area contributed by atoms with Crippen LogP contribution in [0.2, 0.25) is 0 Å². The standard InChI is InChI=1S/C22H25N5O6/c1-31-16-4-5-17(32-2)14(10-16)13-27-19(29)22(25-21(27)30)6-8-26(9-7-22)20-23-11-15(12-24-20)18(28)33-3/h4-5,10-12H,6-9,13H2,1-3H3,(H,25,30). The monoisotopic (exact) mass is 455 g/mol. The quantitative estimate of drug-likeness (QED) is 0.508. The summed E-state index contributed by atoms with van der Waals surface area (Å²) in [5, 5.41) is 2.90. The van der Waals surface area contributed by atoms with Gasteiger partial charge in [-0.25, -0.2) is 19.6 Å². The third kappa shape index (κ3) is 4.13. The highest BCUT2D eigenvalue weighted by Crippen LogP contribution is 2.33. The lowest BCUT2D eigenvalue weighted by atomic mass is 9.87. The normalized spacial score (nSPS) is 17.2. The second kappa shape index (κ2) is 8.93. The number of esters is 1. The molecule has 0 saturated carbocycles. The van der Waals surface area contributed by atoms with Crippen molar-refractivity contribution in [1.82, 2.24) is 20.2 Å². The zero-order valence-electron chi connectivity index (χ0n) is 18.7. The number of benzene rings is 1. The van der Waals surface area contributed by atoms with Crippen LogP contribution in [0.25, 0.3) is 0 Å². The highest BCUT2D eigenvalue weighted by atomic mass is 16.5. The Kier molecular flexibility index (Phi) is 6.03. The molecule has 2 aliphatic heterocycles. The SMILES string of the molecule is COC(=O)c1cnc(N2CCC3(CC2)NC(=O)N(Cc2cc(OC)ccc2OC)C3=O)nc1. The molecule has 2 fully saturated rings. The van der Waals surface area contributed by atoms with Crippen molar-refractivity contribution in [1.29, 1.82) is 0 Å². The minimum absolute atomic E-state index is 0.0780. The molecule has 1 N–H and O–H groups in total. The van der Waals surface area contributed by atoms with Gasteiger partial charge in [-0.05, 0) is 31.0 Å². The number of nitrogens with zero attached hydrogens (tertiary/aromatic N) is 4. The van der Waals surface area contributed by atoms with Gasteiger partial charge >= 0.3 is 12.0 Å². The summed E-state index contributed by atoms with van der Waals surface area (Å²) in [6, 6.07) is 4.82. The van der Waals surface area contributed by atoms with Gasteiger partial charge in [0.2, 0.25) is 5.95 Å². The molecule has 33 heavy (non-hydrogen) atoms. The van der Waals surface area contributed by atoms with Crippen molar-refractivity contribution >= 4 is 23.9 Å². The second-order valence-corrected chi connectivity index (χ2v) is 7.83. The number of methoxy groups -OCH3 is 3. The van der Waals surface area contributed by atoms with Crippen LogP contribution in [-0.2, 0) is 16.1 Å². The number of anilines is 1. The molecular weight excluding hydrogens is 430 g/mol. The third-order valence-electron chi connectivity index (χ3n) is 6.02. The van der Waals surface area contributed by atoms with Crippen LogP contribution >= 0.6 is 0 Å². The summed E-state index contributed by atoms with van der Waals surface area (Å²) in [6.45, 7) is 1.02. The second-order valence-electron chi connectivity index (χ2n) is 7.83. The predicted octanol–water partition coefficient (Wildman–Crippen LogP) is 1.37. The van der Waals surface area contributed by atoms with Crippen molar-refractivity contribution in [3.8, 4) is 11.5 Å². The van der Waals surface area contributed by atoms with Gasteiger partial charge in [-0.1, -0.05) is 0 Å². The van der Waals surface area contributed by atoms with E-state index in [9.17, 15) is 14.4 Å². The van der Waals surface area contributed by atoms with E-state index in [-0.39, 0.29) is 18.0 Å². The Morgan fingerprint density at radius 3 is 2.39 bits per heavy atom. The van der Waals surface area contributed by atoms with E-state index in [1.165, 1.54) is 31.5 Å². The lowest BCUT2D eigenvalue weighted by Gasteiger charge is -2.37. The van der Waals surface area contributed by atoms with Crippen LogP contribution in [0.1, 0.15) is 28.8 Å². The van der Waals surface area contributed by atoms with Gasteiger partial charge in [0.1, 0.15) is 17.0 Å². The number of carbonyl (C=O) groups excluding carboxylic acids is 3. The van der Waals surface area contributed by atoms with Gasteiger partial charge in [0.15, 0.2) is 0 Å². The number of piperidine rings is 1. The molecule has 174 valence electrons. The molecule has 0 radical (unpaired) electrons. The van der Waals surface area contributed by atoms with E-state index in [1.54, 1.807) is 25.3 Å². The Morgan fingerprint density at radius 2 is 1.79 bits per heavy atom. The van der Waals surface area contributed by atoms with Crippen LogP contribution < -0.4 is 19.7 Å². The first-order valence-corrected chi connectivity index (χ1v) is 10.4. The maximum atomic E-state index is 13.3. The van der Waals surface area contributed by atoms with Crippen molar-refractivity contribution in [3.05, 3.63) is 41.7 Å². The summed E-state index contributed by atoms with van der Waals surface area (Å²) in [5.74, 6) is 0.858. The van der Waals surface area contributed by atoms with Crippen LogP contribution in [0.15, 0.2) is 30.6 Å². The largest absolute Gasteiger partial charge is 0.497 e. The minimum Gasteiger partial charge on any atom is -0.497 e. The molecule has 1 spiro atoms. The molecule has 3 amide bonds. The van der Waals surface area contributed by atoms with E-state index in [0.717, 1.165) is 0 Å². The molecule has 2 aliphatic rings. The molecule has 2 saturated heterocycles. The molecule has 4 rings (SSSR count). The fourth-order valence-electron chi connectivity index (χ4n) is 4.13. The maximum Gasteiger partial charge on any atom is 0.341 e. The Bertz CT molecular complexity index is 1070. The first-order chi connectivity index (χ1) is 15.9. The lowest BCUT2D eigenvalue weighted by molar-refractivity contribution is -0.132. The fourth-order valence-corrected chi connectivity index (χ4v) is 4.13. The van der Waals surface area contributed by atoms with Crippen molar-refractivity contribution in [3.63, 3.8) is 0 Å². The molecule has 0 atom stereocenters. The number of hydrogen-bond donors (Lipinski definition) is 1. The maximum absolute atomic E-state index is 13.3. The molecule has 1 aromatic heterocycles. The molecule has 0 aliphatic carbocycles. The Hall–Kier alpha value is -3.89. The number of amides is 3. The van der Waals surface area contributed by atoms with E-state index in [1.807, 2.05) is 4.90 Å². The average Bonchev–Trinajstić information content (AvgIpc) is 3.07. The van der Waals surface area contributed by atoms with Gasteiger partial charge in [0.05, 0.1) is 33.4 Å². The number of ether oxygens (including phenoxy) is 3. The summed E-state index contributed by atoms with van der Waals surface area (Å²) >= 11 is 0. The number of hydrogen-bond acceptors (Lipinski definition) is 9. The van der Waals surface area contributed by atoms with E-state index in [4.69, 9.17) is 9.47 Å². The van der Waals surface area contributed by atoms with Gasteiger partial charge < -0.3 is 24.4 Å².